The number of benzene rings is 1. The number of anilines is 1. The number of carbonyl (C=O) groups excluding carboxylic acids is 1. The van der Waals surface area contributed by atoms with Crippen molar-refractivity contribution in [2.24, 2.45) is 0 Å². The molecule has 0 aliphatic carbocycles. The summed E-state index contributed by atoms with van der Waals surface area (Å²) in [7, 11) is 0. The van der Waals surface area contributed by atoms with Gasteiger partial charge in [0.25, 0.3) is 0 Å². The summed E-state index contributed by atoms with van der Waals surface area (Å²) in [6, 6.07) is 4.13. The first-order valence-electron chi connectivity index (χ1n) is 7.39. The Morgan fingerprint density at radius 2 is 2.25 bits per heavy atom. The monoisotopic (exact) mass is 372 g/mol. The van der Waals surface area contributed by atoms with E-state index in [-0.39, 0.29) is 17.6 Å². The second kappa shape index (κ2) is 8.36. The van der Waals surface area contributed by atoms with E-state index < -0.39 is 11.9 Å². The van der Waals surface area contributed by atoms with Crippen molar-refractivity contribution in [3.63, 3.8) is 0 Å². The molecule has 6 nitrogen and oxygen atoms in total. The van der Waals surface area contributed by atoms with Gasteiger partial charge < -0.3 is 10.0 Å². The Labute approximate surface area is 148 Å². The standard InChI is InChI=1S/C15H18ClFN4O2S/c1-3-21(8-9(2)22)15(23)18-14-20-19-13(24-14)7-10-4-5-12(17)11(16)6-10/h4-6,9,22H,3,7-8H2,1-2H3,(H,18,20,23)/t9-/m0/s1. The van der Waals surface area contributed by atoms with Gasteiger partial charge in [0.1, 0.15) is 10.8 Å². The molecular weight excluding hydrogens is 355 g/mol. The van der Waals surface area contributed by atoms with Gasteiger partial charge in [0, 0.05) is 19.5 Å². The number of likely N-dealkylation sites (N-methyl/N-ethyl adjacent to an activating group) is 1. The first-order valence-corrected chi connectivity index (χ1v) is 8.58. The third kappa shape index (κ3) is 5.12. The molecule has 130 valence electrons. The van der Waals surface area contributed by atoms with E-state index in [0.29, 0.717) is 23.1 Å². The van der Waals surface area contributed by atoms with Crippen LogP contribution in [0.1, 0.15) is 24.4 Å². The minimum Gasteiger partial charge on any atom is -0.392 e. The van der Waals surface area contributed by atoms with Crippen LogP contribution in [0.25, 0.3) is 0 Å². The molecule has 0 fully saturated rings. The summed E-state index contributed by atoms with van der Waals surface area (Å²) < 4.78 is 13.2. The normalized spacial score (nSPS) is 12.0. The molecule has 2 rings (SSSR count). The van der Waals surface area contributed by atoms with Gasteiger partial charge in [0.05, 0.1) is 11.1 Å². The average Bonchev–Trinajstić information content (AvgIpc) is 2.95. The van der Waals surface area contributed by atoms with E-state index >= 15 is 0 Å². The van der Waals surface area contributed by atoms with Crippen LogP contribution in [-0.2, 0) is 6.42 Å². The maximum Gasteiger partial charge on any atom is 0.323 e. The summed E-state index contributed by atoms with van der Waals surface area (Å²) in [4.78, 5) is 13.6. The number of aliphatic hydroxyl groups excluding tert-OH is 1. The molecule has 0 unspecified atom stereocenters. The first kappa shape index (κ1) is 18.6. The highest BCUT2D eigenvalue weighted by Gasteiger charge is 2.16. The van der Waals surface area contributed by atoms with Gasteiger partial charge in [0.2, 0.25) is 5.13 Å². The Balaban J connectivity index is 1.99. The second-order valence-electron chi connectivity index (χ2n) is 5.24. The molecule has 1 atom stereocenters. The Kier molecular flexibility index (Phi) is 6.47. The van der Waals surface area contributed by atoms with Gasteiger partial charge in [-0.1, -0.05) is 29.0 Å². The highest BCUT2D eigenvalue weighted by molar-refractivity contribution is 7.15. The highest BCUT2D eigenvalue weighted by Crippen LogP contribution is 2.22. The summed E-state index contributed by atoms with van der Waals surface area (Å²) >= 11 is 6.99. The van der Waals surface area contributed by atoms with E-state index in [1.165, 1.54) is 28.4 Å². The maximum atomic E-state index is 13.2. The molecule has 0 aliphatic rings. The van der Waals surface area contributed by atoms with Crippen LogP contribution < -0.4 is 5.32 Å². The lowest BCUT2D eigenvalue weighted by atomic mass is 10.1. The molecule has 0 aliphatic heterocycles. The summed E-state index contributed by atoms with van der Waals surface area (Å²) in [5, 5.41) is 21.1. The number of hydrogen-bond acceptors (Lipinski definition) is 5. The summed E-state index contributed by atoms with van der Waals surface area (Å²) in [6.45, 7) is 4.15. The third-order valence-corrected chi connectivity index (χ3v) is 4.30. The van der Waals surface area contributed by atoms with E-state index in [9.17, 15) is 14.3 Å². The van der Waals surface area contributed by atoms with Gasteiger partial charge in [-0.05, 0) is 31.5 Å². The third-order valence-electron chi connectivity index (χ3n) is 3.17. The van der Waals surface area contributed by atoms with Gasteiger partial charge >= 0.3 is 6.03 Å². The lowest BCUT2D eigenvalue weighted by Crippen LogP contribution is -2.39. The van der Waals surface area contributed by atoms with Crippen LogP contribution in [0.3, 0.4) is 0 Å². The molecule has 2 aromatic rings. The number of aromatic nitrogens is 2. The van der Waals surface area contributed by atoms with E-state index in [1.54, 1.807) is 13.0 Å². The van der Waals surface area contributed by atoms with Crippen molar-refractivity contribution in [3.05, 3.63) is 39.6 Å². The van der Waals surface area contributed by atoms with Gasteiger partial charge in [-0.15, -0.1) is 10.2 Å². The molecule has 0 bridgehead atoms. The van der Waals surface area contributed by atoms with Crippen molar-refractivity contribution in [2.75, 3.05) is 18.4 Å². The van der Waals surface area contributed by atoms with Crippen molar-refractivity contribution in [1.29, 1.82) is 0 Å². The predicted molar refractivity (Wildman–Crippen MR) is 92.1 cm³/mol. The van der Waals surface area contributed by atoms with Gasteiger partial charge in [-0.2, -0.15) is 0 Å². The number of halogens is 2. The van der Waals surface area contributed by atoms with Gasteiger partial charge in [-0.25, -0.2) is 9.18 Å². The average molecular weight is 373 g/mol. The van der Waals surface area contributed by atoms with E-state index in [1.807, 2.05) is 6.92 Å². The van der Waals surface area contributed by atoms with Crippen LogP contribution in [0, 0.1) is 5.82 Å². The van der Waals surface area contributed by atoms with Crippen LogP contribution >= 0.6 is 22.9 Å². The minimum atomic E-state index is -0.607. The van der Waals surface area contributed by atoms with Crippen LogP contribution in [0.5, 0.6) is 0 Å². The van der Waals surface area contributed by atoms with Crippen LogP contribution in [-0.4, -0.2) is 45.4 Å². The number of nitrogens with zero attached hydrogens (tertiary/aromatic N) is 3. The zero-order valence-corrected chi connectivity index (χ0v) is 14.9. The number of urea groups is 1. The molecule has 0 saturated heterocycles. The Morgan fingerprint density at radius 3 is 2.88 bits per heavy atom. The molecular formula is C15H18ClFN4O2S. The summed E-state index contributed by atoms with van der Waals surface area (Å²) in [6.07, 6.45) is -0.164. The van der Waals surface area contributed by atoms with Crippen molar-refractivity contribution >= 4 is 34.1 Å². The molecule has 2 N–H and O–H groups in total. The van der Waals surface area contributed by atoms with Crippen molar-refractivity contribution < 1.29 is 14.3 Å². The summed E-state index contributed by atoms with van der Waals surface area (Å²) in [5.74, 6) is -0.469. The van der Waals surface area contributed by atoms with Crippen molar-refractivity contribution in [3.8, 4) is 0 Å². The minimum absolute atomic E-state index is 0.0576. The molecule has 1 aromatic heterocycles. The SMILES string of the molecule is CCN(C[C@H](C)O)C(=O)Nc1nnc(Cc2ccc(F)c(Cl)c2)s1. The topological polar surface area (TPSA) is 78.4 Å². The Hall–Kier alpha value is -1.77. The highest BCUT2D eigenvalue weighted by atomic mass is 35.5. The van der Waals surface area contributed by atoms with E-state index in [4.69, 9.17) is 11.6 Å². The lowest BCUT2D eigenvalue weighted by molar-refractivity contribution is 0.141. The fourth-order valence-electron chi connectivity index (χ4n) is 2.04. The molecule has 0 spiro atoms. The Bertz CT molecular complexity index is 711. The van der Waals surface area contributed by atoms with E-state index in [2.05, 4.69) is 15.5 Å². The fraction of sp³-hybridized carbons (Fsp3) is 0.400. The smallest absolute Gasteiger partial charge is 0.323 e. The molecule has 9 heteroatoms. The number of hydrogen-bond donors (Lipinski definition) is 2. The maximum absolute atomic E-state index is 13.2. The molecule has 2 amide bonds. The fourth-order valence-corrected chi connectivity index (χ4v) is 3.01. The number of amides is 2. The number of carbonyl (C=O) groups is 1. The van der Waals surface area contributed by atoms with Crippen LogP contribution in [0.2, 0.25) is 5.02 Å². The number of aliphatic hydroxyl groups is 1. The number of rotatable bonds is 6. The zero-order chi connectivity index (χ0) is 17.7. The van der Waals surface area contributed by atoms with Gasteiger partial charge in [-0.3, -0.25) is 5.32 Å². The van der Waals surface area contributed by atoms with Crippen molar-refractivity contribution in [2.45, 2.75) is 26.4 Å². The lowest BCUT2D eigenvalue weighted by Gasteiger charge is -2.21. The zero-order valence-electron chi connectivity index (χ0n) is 13.3. The Morgan fingerprint density at radius 1 is 1.50 bits per heavy atom. The molecule has 24 heavy (non-hydrogen) atoms. The van der Waals surface area contributed by atoms with E-state index in [0.717, 1.165) is 5.56 Å². The van der Waals surface area contributed by atoms with Crippen LogP contribution in [0.4, 0.5) is 14.3 Å². The first-order chi connectivity index (χ1) is 11.4. The van der Waals surface area contributed by atoms with Crippen molar-refractivity contribution in [1.82, 2.24) is 15.1 Å². The van der Waals surface area contributed by atoms with Gasteiger partial charge in [0.15, 0.2) is 0 Å². The molecule has 0 saturated carbocycles. The van der Waals surface area contributed by atoms with Crippen LogP contribution in [0.15, 0.2) is 18.2 Å². The number of nitrogens with one attached hydrogen (secondary N) is 1. The predicted octanol–water partition coefficient (Wildman–Crippen LogP) is 3.16. The molecule has 1 heterocycles. The molecule has 0 radical (unpaired) electrons. The quantitative estimate of drug-likeness (QED) is 0.816. The second-order valence-corrected chi connectivity index (χ2v) is 6.71. The summed E-state index contributed by atoms with van der Waals surface area (Å²) in [5.41, 5.74) is 0.805. The molecule has 1 aromatic carbocycles. The largest absolute Gasteiger partial charge is 0.392 e.